The van der Waals surface area contributed by atoms with Crippen molar-refractivity contribution in [3.05, 3.63) is 54.4 Å². The lowest BCUT2D eigenvalue weighted by Crippen LogP contribution is -2.39. The number of nitrogens with zero attached hydrogens (tertiary/aromatic N) is 4. The van der Waals surface area contributed by atoms with Crippen LogP contribution in [-0.4, -0.2) is 37.3 Å². The highest BCUT2D eigenvalue weighted by Gasteiger charge is 2.09. The van der Waals surface area contributed by atoms with Crippen LogP contribution in [0.1, 0.15) is 12.0 Å². The van der Waals surface area contributed by atoms with E-state index in [1.807, 2.05) is 30.3 Å². The molecular formula is C16H16N6O2S. The van der Waals surface area contributed by atoms with E-state index in [4.69, 9.17) is 0 Å². The fourth-order valence-electron chi connectivity index (χ4n) is 2.02. The summed E-state index contributed by atoms with van der Waals surface area (Å²) in [5.74, 6) is 0.629. The fourth-order valence-corrected chi connectivity index (χ4v) is 2.78. The van der Waals surface area contributed by atoms with Gasteiger partial charge in [0, 0.05) is 31.1 Å². The van der Waals surface area contributed by atoms with Crippen LogP contribution in [0.4, 0.5) is 4.79 Å². The molecule has 25 heavy (non-hydrogen) atoms. The molecule has 0 bridgehead atoms. The Balaban J connectivity index is 1.38. The quantitative estimate of drug-likeness (QED) is 0.651. The molecule has 8 nitrogen and oxygen atoms in total. The van der Waals surface area contributed by atoms with Crippen molar-refractivity contribution in [1.29, 1.82) is 0 Å². The monoisotopic (exact) mass is 356 g/mol. The second kappa shape index (κ2) is 8.25. The van der Waals surface area contributed by atoms with Crippen molar-refractivity contribution < 1.29 is 9.59 Å². The number of urea groups is 1. The van der Waals surface area contributed by atoms with Crippen LogP contribution in [0.5, 0.6) is 0 Å². The predicted octanol–water partition coefficient (Wildman–Crippen LogP) is 1.63. The summed E-state index contributed by atoms with van der Waals surface area (Å²) in [7, 11) is 0. The van der Waals surface area contributed by atoms with E-state index in [0.29, 0.717) is 23.2 Å². The number of imide groups is 1. The molecule has 0 aliphatic heterocycles. The normalized spacial score (nSPS) is 10.6. The van der Waals surface area contributed by atoms with E-state index in [9.17, 15) is 9.59 Å². The molecule has 2 heterocycles. The van der Waals surface area contributed by atoms with Gasteiger partial charge in [0.15, 0.2) is 0 Å². The SMILES string of the molecule is O=C(CCSc1nc2ncccn2n1)NC(=O)NCc1ccccc1. The minimum atomic E-state index is -0.506. The van der Waals surface area contributed by atoms with Gasteiger partial charge in [0.05, 0.1) is 0 Å². The van der Waals surface area contributed by atoms with Gasteiger partial charge < -0.3 is 5.32 Å². The van der Waals surface area contributed by atoms with Crippen molar-refractivity contribution in [1.82, 2.24) is 30.2 Å². The Kier molecular flexibility index (Phi) is 5.57. The van der Waals surface area contributed by atoms with Crippen molar-refractivity contribution in [3.8, 4) is 0 Å². The van der Waals surface area contributed by atoms with Crippen LogP contribution in [0.25, 0.3) is 5.78 Å². The van der Waals surface area contributed by atoms with Gasteiger partial charge in [0.25, 0.3) is 5.78 Å². The molecule has 0 saturated heterocycles. The highest BCUT2D eigenvalue weighted by atomic mass is 32.2. The van der Waals surface area contributed by atoms with E-state index >= 15 is 0 Å². The second-order valence-electron chi connectivity index (χ2n) is 5.07. The number of amides is 3. The van der Waals surface area contributed by atoms with Gasteiger partial charge in [-0.05, 0) is 11.6 Å². The molecule has 0 spiro atoms. The molecule has 0 fully saturated rings. The van der Waals surface area contributed by atoms with Crippen LogP contribution >= 0.6 is 11.8 Å². The zero-order chi connectivity index (χ0) is 17.5. The Morgan fingerprint density at radius 1 is 1.16 bits per heavy atom. The number of benzene rings is 1. The average molecular weight is 356 g/mol. The summed E-state index contributed by atoms with van der Waals surface area (Å²) in [6.07, 6.45) is 3.58. The largest absolute Gasteiger partial charge is 0.334 e. The molecule has 1 aromatic carbocycles. The molecule has 0 atom stereocenters. The first-order valence-corrected chi connectivity index (χ1v) is 8.61. The summed E-state index contributed by atoms with van der Waals surface area (Å²) in [5, 5.41) is 9.71. The highest BCUT2D eigenvalue weighted by molar-refractivity contribution is 7.99. The van der Waals surface area contributed by atoms with Gasteiger partial charge in [-0.15, -0.1) is 5.10 Å². The summed E-state index contributed by atoms with van der Waals surface area (Å²) in [5.41, 5.74) is 0.965. The maximum atomic E-state index is 11.8. The van der Waals surface area contributed by atoms with Crippen molar-refractivity contribution in [2.24, 2.45) is 0 Å². The molecule has 0 radical (unpaired) electrons. The Morgan fingerprint density at radius 3 is 2.80 bits per heavy atom. The van der Waals surface area contributed by atoms with Crippen molar-refractivity contribution in [2.75, 3.05) is 5.75 Å². The summed E-state index contributed by atoms with van der Waals surface area (Å²) in [6, 6.07) is 10.7. The molecule has 0 saturated carbocycles. The van der Waals surface area contributed by atoms with Crippen LogP contribution in [0.3, 0.4) is 0 Å². The molecule has 3 amide bonds. The standard InChI is InChI=1S/C16H16N6O2S/c23-13(19-15(24)18-11-12-5-2-1-3-6-12)7-10-25-16-20-14-17-8-4-9-22(14)21-16/h1-6,8-9H,7,10-11H2,(H2,18,19,23,24). The van der Waals surface area contributed by atoms with E-state index in [1.165, 1.54) is 11.8 Å². The van der Waals surface area contributed by atoms with Gasteiger partial charge in [-0.25, -0.2) is 14.3 Å². The number of hydrogen-bond acceptors (Lipinski definition) is 6. The Bertz CT molecular complexity index is 834. The van der Waals surface area contributed by atoms with Gasteiger partial charge >= 0.3 is 6.03 Å². The van der Waals surface area contributed by atoms with Gasteiger partial charge in [0.2, 0.25) is 11.1 Å². The molecule has 3 aromatic rings. The Morgan fingerprint density at radius 2 is 2.00 bits per heavy atom. The van der Waals surface area contributed by atoms with Crippen LogP contribution in [0.15, 0.2) is 53.9 Å². The van der Waals surface area contributed by atoms with Crippen LogP contribution in [0.2, 0.25) is 0 Å². The summed E-state index contributed by atoms with van der Waals surface area (Å²) in [6.45, 7) is 0.368. The van der Waals surface area contributed by atoms with Crippen LogP contribution in [-0.2, 0) is 11.3 Å². The zero-order valence-corrected chi connectivity index (χ0v) is 14.1. The van der Waals surface area contributed by atoms with E-state index in [0.717, 1.165) is 5.56 Å². The van der Waals surface area contributed by atoms with E-state index in [1.54, 1.807) is 23.0 Å². The molecule has 128 valence electrons. The van der Waals surface area contributed by atoms with Crippen LogP contribution < -0.4 is 10.6 Å². The van der Waals surface area contributed by atoms with Gasteiger partial charge in [-0.2, -0.15) is 4.98 Å². The van der Waals surface area contributed by atoms with Gasteiger partial charge in [0.1, 0.15) is 0 Å². The predicted molar refractivity (Wildman–Crippen MR) is 92.9 cm³/mol. The molecule has 0 unspecified atom stereocenters. The number of thioether (sulfide) groups is 1. The number of carbonyl (C=O) groups excluding carboxylic acids is 2. The lowest BCUT2D eigenvalue weighted by atomic mass is 10.2. The van der Waals surface area contributed by atoms with Crippen molar-refractivity contribution in [2.45, 2.75) is 18.1 Å². The first-order valence-electron chi connectivity index (χ1n) is 7.62. The molecule has 0 aliphatic rings. The third-order valence-corrected chi connectivity index (χ3v) is 4.05. The number of carbonyl (C=O) groups is 2. The third-order valence-electron chi connectivity index (χ3n) is 3.21. The van der Waals surface area contributed by atoms with Crippen molar-refractivity contribution >= 4 is 29.5 Å². The first kappa shape index (κ1) is 16.9. The lowest BCUT2D eigenvalue weighted by molar-refractivity contribution is -0.119. The molecule has 2 N–H and O–H groups in total. The molecule has 9 heteroatoms. The average Bonchev–Trinajstić information content (AvgIpc) is 3.03. The number of rotatable bonds is 6. The maximum Gasteiger partial charge on any atom is 0.321 e. The molecule has 2 aromatic heterocycles. The number of fused-ring (bicyclic) bond motifs is 1. The van der Waals surface area contributed by atoms with Crippen molar-refractivity contribution in [3.63, 3.8) is 0 Å². The number of aromatic nitrogens is 4. The Labute approximate surface area is 148 Å². The lowest BCUT2D eigenvalue weighted by Gasteiger charge is -2.06. The van der Waals surface area contributed by atoms with Gasteiger partial charge in [-0.1, -0.05) is 42.1 Å². The topological polar surface area (TPSA) is 101 Å². The smallest absolute Gasteiger partial charge is 0.321 e. The molecular weight excluding hydrogens is 340 g/mol. The Hall–Kier alpha value is -2.94. The summed E-state index contributed by atoms with van der Waals surface area (Å²) < 4.78 is 1.57. The zero-order valence-electron chi connectivity index (χ0n) is 13.3. The van der Waals surface area contributed by atoms with E-state index < -0.39 is 6.03 Å². The number of hydrogen-bond donors (Lipinski definition) is 2. The maximum absolute atomic E-state index is 11.8. The molecule has 3 rings (SSSR count). The van der Waals surface area contributed by atoms with E-state index in [2.05, 4.69) is 25.7 Å². The highest BCUT2D eigenvalue weighted by Crippen LogP contribution is 2.14. The third kappa shape index (κ3) is 5.01. The minimum Gasteiger partial charge on any atom is -0.334 e. The van der Waals surface area contributed by atoms with Gasteiger partial charge in [-0.3, -0.25) is 10.1 Å². The number of nitrogens with one attached hydrogen (secondary N) is 2. The van der Waals surface area contributed by atoms with E-state index in [-0.39, 0.29) is 12.3 Å². The first-order chi connectivity index (χ1) is 12.2. The minimum absolute atomic E-state index is 0.187. The fraction of sp³-hybridized carbons (Fsp3) is 0.188. The second-order valence-corrected chi connectivity index (χ2v) is 6.14. The van der Waals surface area contributed by atoms with Crippen LogP contribution in [0, 0.1) is 0 Å². The summed E-state index contributed by atoms with van der Waals surface area (Å²) >= 11 is 1.34. The summed E-state index contributed by atoms with van der Waals surface area (Å²) in [4.78, 5) is 31.8. The molecule has 0 aliphatic carbocycles.